The topological polar surface area (TPSA) is 105 Å². The van der Waals surface area contributed by atoms with E-state index in [2.05, 4.69) is 19.9 Å². The quantitative estimate of drug-likeness (QED) is 0.857. The maximum Gasteiger partial charge on any atom is 0.264 e. The second-order valence-electron chi connectivity index (χ2n) is 3.93. The van der Waals surface area contributed by atoms with Crippen molar-refractivity contribution in [1.82, 2.24) is 15.2 Å². The van der Waals surface area contributed by atoms with Crippen LogP contribution in [-0.4, -0.2) is 28.7 Å². The highest BCUT2D eigenvalue weighted by molar-refractivity contribution is 7.92. The molecule has 106 valence electrons. The number of anilines is 1. The first-order valence-corrected chi connectivity index (χ1v) is 6.99. The molecule has 0 spiro atoms. The number of aliphatic hydroxyl groups excluding tert-OH is 1. The average molecular weight is 298 g/mol. The highest BCUT2D eigenvalue weighted by atomic mass is 32.2. The number of sulfonamides is 1. The van der Waals surface area contributed by atoms with Gasteiger partial charge < -0.3 is 5.11 Å². The molecule has 0 aliphatic rings. The fourth-order valence-corrected chi connectivity index (χ4v) is 2.80. The lowest BCUT2D eigenvalue weighted by atomic mass is 10.1. The Kier molecular flexibility index (Phi) is 3.91. The predicted octanol–water partition coefficient (Wildman–Crippen LogP) is 0.612. The molecule has 0 amide bonds. The van der Waals surface area contributed by atoms with Crippen molar-refractivity contribution < 1.29 is 17.9 Å². The molecule has 0 aliphatic carbocycles. The van der Waals surface area contributed by atoms with Gasteiger partial charge in [0.1, 0.15) is 5.82 Å². The summed E-state index contributed by atoms with van der Waals surface area (Å²) in [6, 6.07) is 2.27. The van der Waals surface area contributed by atoms with E-state index in [1.807, 2.05) is 0 Å². The summed E-state index contributed by atoms with van der Waals surface area (Å²) in [5.41, 5.74) is 0.0965. The zero-order valence-electron chi connectivity index (χ0n) is 10.4. The molecule has 9 heteroatoms. The minimum atomic E-state index is -4.07. The number of hydrogen-bond acceptors (Lipinski definition) is 6. The molecule has 0 aliphatic heterocycles. The maximum atomic E-state index is 13.6. The first kappa shape index (κ1) is 14.3. The van der Waals surface area contributed by atoms with Crippen LogP contribution in [0.1, 0.15) is 11.1 Å². The van der Waals surface area contributed by atoms with Crippen LogP contribution in [0.4, 0.5) is 10.3 Å². The zero-order chi connectivity index (χ0) is 14.8. The van der Waals surface area contributed by atoms with Gasteiger partial charge in [-0.05, 0) is 24.6 Å². The van der Waals surface area contributed by atoms with Crippen molar-refractivity contribution in [2.75, 3.05) is 4.72 Å². The van der Waals surface area contributed by atoms with E-state index in [-0.39, 0.29) is 22.0 Å². The van der Waals surface area contributed by atoms with Crippen LogP contribution in [0.3, 0.4) is 0 Å². The summed E-state index contributed by atoms with van der Waals surface area (Å²) in [6.07, 6.45) is 2.55. The Balaban J connectivity index is 2.47. The zero-order valence-corrected chi connectivity index (χ0v) is 11.2. The van der Waals surface area contributed by atoms with Crippen LogP contribution in [0, 0.1) is 12.7 Å². The number of rotatable bonds is 4. The molecule has 20 heavy (non-hydrogen) atoms. The van der Waals surface area contributed by atoms with Gasteiger partial charge in [0.05, 0.1) is 23.9 Å². The van der Waals surface area contributed by atoms with Crippen LogP contribution in [0.5, 0.6) is 0 Å². The van der Waals surface area contributed by atoms with Crippen LogP contribution in [0.15, 0.2) is 29.4 Å². The van der Waals surface area contributed by atoms with Gasteiger partial charge in [-0.25, -0.2) is 22.5 Å². The van der Waals surface area contributed by atoms with E-state index in [1.54, 1.807) is 0 Å². The number of benzene rings is 1. The van der Waals surface area contributed by atoms with Gasteiger partial charge in [-0.1, -0.05) is 0 Å². The highest BCUT2D eigenvalue weighted by Gasteiger charge is 2.21. The van der Waals surface area contributed by atoms with Crippen molar-refractivity contribution in [1.29, 1.82) is 0 Å². The Morgan fingerprint density at radius 2 is 2.10 bits per heavy atom. The summed E-state index contributed by atoms with van der Waals surface area (Å²) in [5, 5.41) is 16.0. The van der Waals surface area contributed by atoms with Gasteiger partial charge in [-0.2, -0.15) is 5.10 Å². The van der Waals surface area contributed by atoms with Crippen molar-refractivity contribution in [3.63, 3.8) is 0 Å². The normalized spacial score (nSPS) is 11.3. The monoisotopic (exact) mass is 298 g/mol. The number of hydrogen-bond donors (Lipinski definition) is 2. The smallest absolute Gasteiger partial charge is 0.264 e. The molecule has 0 radical (unpaired) electrons. The predicted molar refractivity (Wildman–Crippen MR) is 67.7 cm³/mol. The number of nitrogens with one attached hydrogen (secondary N) is 1. The highest BCUT2D eigenvalue weighted by Crippen LogP contribution is 2.22. The molecule has 0 bridgehead atoms. The molecule has 1 aromatic carbocycles. The van der Waals surface area contributed by atoms with E-state index in [4.69, 9.17) is 5.11 Å². The van der Waals surface area contributed by atoms with Crippen LogP contribution in [0.25, 0.3) is 0 Å². The molecule has 1 aromatic heterocycles. The van der Waals surface area contributed by atoms with Gasteiger partial charge in [0.15, 0.2) is 0 Å². The van der Waals surface area contributed by atoms with Crippen molar-refractivity contribution in [3.8, 4) is 0 Å². The third-order valence-corrected chi connectivity index (χ3v) is 3.99. The molecule has 0 saturated heterocycles. The summed E-state index contributed by atoms with van der Waals surface area (Å²) in [7, 11) is -4.07. The van der Waals surface area contributed by atoms with Gasteiger partial charge in [0, 0.05) is 5.56 Å². The largest absolute Gasteiger partial charge is 0.392 e. The minimum absolute atomic E-state index is 0.0569. The summed E-state index contributed by atoms with van der Waals surface area (Å²) in [6.45, 7) is 0.859. The first-order chi connectivity index (χ1) is 9.44. The van der Waals surface area contributed by atoms with Gasteiger partial charge in [0.25, 0.3) is 16.0 Å². The molecule has 2 aromatic rings. The first-order valence-electron chi connectivity index (χ1n) is 5.50. The van der Waals surface area contributed by atoms with E-state index >= 15 is 0 Å². The van der Waals surface area contributed by atoms with E-state index in [0.717, 1.165) is 6.07 Å². The molecule has 2 rings (SSSR count). The molecule has 0 fully saturated rings. The standard InChI is InChI=1S/C11H11FN4O3S/c1-7-9(12)4-8(6-17)5-10(7)20(18,19)16-11-13-2-3-14-15-11/h2-5,17H,6H2,1H3,(H,13,15,16). The van der Waals surface area contributed by atoms with Crippen LogP contribution in [-0.2, 0) is 16.6 Å². The van der Waals surface area contributed by atoms with E-state index in [9.17, 15) is 12.8 Å². The molecule has 7 nitrogen and oxygen atoms in total. The number of halogens is 1. The minimum Gasteiger partial charge on any atom is -0.392 e. The Morgan fingerprint density at radius 1 is 1.35 bits per heavy atom. The lowest BCUT2D eigenvalue weighted by molar-refractivity contribution is 0.281. The van der Waals surface area contributed by atoms with Crippen molar-refractivity contribution in [2.24, 2.45) is 0 Å². The summed E-state index contributed by atoms with van der Waals surface area (Å²) in [4.78, 5) is 3.39. The van der Waals surface area contributed by atoms with Crippen LogP contribution >= 0.6 is 0 Å². The molecule has 1 heterocycles. The molecule has 0 atom stereocenters. The Labute approximate surface area is 114 Å². The summed E-state index contributed by atoms with van der Waals surface area (Å²) < 4.78 is 40.1. The SMILES string of the molecule is Cc1c(F)cc(CO)cc1S(=O)(=O)Nc1nccnn1. The number of aliphatic hydroxyl groups is 1. The lowest BCUT2D eigenvalue weighted by Gasteiger charge is -2.10. The molecule has 0 unspecified atom stereocenters. The third kappa shape index (κ3) is 2.89. The number of aromatic nitrogens is 3. The molecular formula is C11H11FN4O3S. The summed E-state index contributed by atoms with van der Waals surface area (Å²) in [5.74, 6) is -0.939. The van der Waals surface area contributed by atoms with Crippen molar-refractivity contribution in [3.05, 3.63) is 41.5 Å². The second kappa shape index (κ2) is 5.47. The average Bonchev–Trinajstić information content (AvgIpc) is 2.42. The van der Waals surface area contributed by atoms with E-state index in [0.29, 0.717) is 0 Å². The lowest BCUT2D eigenvalue weighted by Crippen LogP contribution is -2.17. The molecular weight excluding hydrogens is 287 g/mol. The van der Waals surface area contributed by atoms with Gasteiger partial charge in [0.2, 0.25) is 0 Å². The van der Waals surface area contributed by atoms with E-state index in [1.165, 1.54) is 25.4 Å². The fraction of sp³-hybridized carbons (Fsp3) is 0.182. The maximum absolute atomic E-state index is 13.6. The molecule has 2 N–H and O–H groups in total. The Hall–Kier alpha value is -2.13. The third-order valence-electron chi connectivity index (χ3n) is 2.54. The molecule has 0 saturated carbocycles. The van der Waals surface area contributed by atoms with Crippen LogP contribution < -0.4 is 4.72 Å². The van der Waals surface area contributed by atoms with Crippen LogP contribution in [0.2, 0.25) is 0 Å². The van der Waals surface area contributed by atoms with Gasteiger partial charge in [-0.3, -0.25) is 0 Å². The van der Waals surface area contributed by atoms with Crippen molar-refractivity contribution >= 4 is 16.0 Å². The number of nitrogens with zero attached hydrogens (tertiary/aromatic N) is 3. The Bertz CT molecular complexity index is 722. The fourth-order valence-electron chi connectivity index (χ4n) is 1.55. The van der Waals surface area contributed by atoms with Crippen molar-refractivity contribution in [2.45, 2.75) is 18.4 Å². The second-order valence-corrected chi connectivity index (χ2v) is 5.58. The van der Waals surface area contributed by atoms with Gasteiger partial charge in [-0.15, -0.1) is 5.10 Å². The Morgan fingerprint density at radius 3 is 2.70 bits per heavy atom. The van der Waals surface area contributed by atoms with E-state index < -0.39 is 22.4 Å². The summed E-state index contributed by atoms with van der Waals surface area (Å²) >= 11 is 0. The van der Waals surface area contributed by atoms with Gasteiger partial charge >= 0.3 is 0 Å².